The van der Waals surface area contributed by atoms with E-state index < -0.39 is 10.0 Å². The Kier molecular flexibility index (Phi) is 4.94. The monoisotopic (exact) mass is 407 g/mol. The van der Waals surface area contributed by atoms with Gasteiger partial charge in [-0.1, -0.05) is 18.2 Å². The number of fused-ring (bicyclic) bond motifs is 2. The fraction of sp³-hybridized carbons (Fsp3) is 0.389. The van der Waals surface area contributed by atoms with Gasteiger partial charge in [-0.05, 0) is 17.5 Å². The van der Waals surface area contributed by atoms with Gasteiger partial charge in [0, 0.05) is 37.1 Å². The molecule has 0 fully saturated rings. The van der Waals surface area contributed by atoms with Gasteiger partial charge in [0.15, 0.2) is 0 Å². The number of sulfonamides is 1. The summed E-state index contributed by atoms with van der Waals surface area (Å²) in [5, 5.41) is 4.76. The van der Waals surface area contributed by atoms with Crippen molar-refractivity contribution in [2.75, 3.05) is 33.3 Å². The summed E-state index contributed by atoms with van der Waals surface area (Å²) in [5.74, 6) is 0.745. The highest BCUT2D eigenvalue weighted by atomic mass is 32.2. The molecule has 9 heteroatoms. The summed E-state index contributed by atoms with van der Waals surface area (Å²) in [6.07, 6.45) is 0. The second-order valence-corrected chi connectivity index (χ2v) is 9.68. The van der Waals surface area contributed by atoms with Gasteiger partial charge in [0.05, 0.1) is 17.5 Å². The van der Waals surface area contributed by atoms with Crippen molar-refractivity contribution in [3.05, 3.63) is 46.2 Å². The highest BCUT2D eigenvalue weighted by Crippen LogP contribution is 2.35. The highest BCUT2D eigenvalue weighted by Gasteiger charge is 2.36. The number of hydrogen-bond donors (Lipinski definition) is 1. The lowest BCUT2D eigenvalue weighted by Crippen LogP contribution is -2.45. The normalized spacial score (nSPS) is 22.2. The number of likely N-dealkylation sites (N-methyl/N-ethyl adjacent to an activating group) is 1. The van der Waals surface area contributed by atoms with Crippen LogP contribution >= 0.6 is 11.3 Å². The zero-order valence-corrected chi connectivity index (χ0v) is 16.6. The summed E-state index contributed by atoms with van der Waals surface area (Å²) in [5.41, 5.74) is 1.06. The first-order chi connectivity index (χ1) is 12.9. The molecule has 0 aliphatic carbocycles. The number of carbonyl (C=O) groups excluding carboxylic acids is 1. The van der Waals surface area contributed by atoms with E-state index in [0.717, 1.165) is 11.3 Å². The molecule has 4 rings (SSSR count). The van der Waals surface area contributed by atoms with Gasteiger partial charge in [0.25, 0.3) is 0 Å². The summed E-state index contributed by atoms with van der Waals surface area (Å²) >= 11 is 1.37. The van der Waals surface area contributed by atoms with Gasteiger partial charge in [-0.25, -0.2) is 8.42 Å². The molecule has 3 heterocycles. The molecular weight excluding hydrogens is 386 g/mol. The van der Waals surface area contributed by atoms with Gasteiger partial charge in [0.2, 0.25) is 15.9 Å². The SMILES string of the molecule is CN1CC(NC(=O)CN2CCOc3ccccc3C2)c2sccc2S1(=O)=O. The molecule has 0 saturated heterocycles. The Bertz CT molecular complexity index is 957. The molecule has 1 aromatic heterocycles. The van der Waals surface area contributed by atoms with E-state index in [1.54, 1.807) is 11.4 Å². The molecule has 1 amide bonds. The van der Waals surface area contributed by atoms with Crippen LogP contribution in [-0.2, 0) is 21.4 Å². The predicted molar refractivity (Wildman–Crippen MR) is 102 cm³/mol. The summed E-state index contributed by atoms with van der Waals surface area (Å²) in [4.78, 5) is 15.7. The van der Waals surface area contributed by atoms with Gasteiger partial charge in [-0.3, -0.25) is 9.69 Å². The number of amides is 1. The maximum atomic E-state index is 12.6. The fourth-order valence-corrected chi connectivity index (χ4v) is 6.15. The Morgan fingerprint density at radius 3 is 3.00 bits per heavy atom. The van der Waals surface area contributed by atoms with Crippen molar-refractivity contribution in [2.24, 2.45) is 0 Å². The first-order valence-corrected chi connectivity index (χ1v) is 11.0. The Hall–Kier alpha value is -1.94. The lowest BCUT2D eigenvalue weighted by atomic mass is 10.2. The van der Waals surface area contributed by atoms with Crippen molar-refractivity contribution in [3.8, 4) is 5.75 Å². The molecule has 1 N–H and O–H groups in total. The number of carbonyl (C=O) groups is 1. The van der Waals surface area contributed by atoms with Crippen LogP contribution in [0.5, 0.6) is 5.75 Å². The molecule has 144 valence electrons. The fourth-order valence-electron chi connectivity index (χ4n) is 3.45. The first kappa shape index (κ1) is 18.4. The van der Waals surface area contributed by atoms with Crippen LogP contribution in [0.2, 0.25) is 0 Å². The van der Waals surface area contributed by atoms with Crippen molar-refractivity contribution in [2.45, 2.75) is 17.5 Å². The largest absolute Gasteiger partial charge is 0.492 e. The third-order valence-corrected chi connectivity index (χ3v) is 7.88. The van der Waals surface area contributed by atoms with Crippen molar-refractivity contribution in [1.82, 2.24) is 14.5 Å². The van der Waals surface area contributed by atoms with E-state index in [9.17, 15) is 13.2 Å². The van der Waals surface area contributed by atoms with E-state index >= 15 is 0 Å². The quantitative estimate of drug-likeness (QED) is 0.833. The highest BCUT2D eigenvalue weighted by molar-refractivity contribution is 7.89. The molecule has 0 radical (unpaired) electrons. The van der Waals surface area contributed by atoms with Crippen molar-refractivity contribution < 1.29 is 17.9 Å². The van der Waals surface area contributed by atoms with Crippen LogP contribution in [-0.4, -0.2) is 56.8 Å². The minimum Gasteiger partial charge on any atom is -0.492 e. The van der Waals surface area contributed by atoms with Gasteiger partial charge >= 0.3 is 0 Å². The lowest BCUT2D eigenvalue weighted by Gasteiger charge is -2.30. The minimum atomic E-state index is -3.45. The van der Waals surface area contributed by atoms with Crippen LogP contribution < -0.4 is 10.1 Å². The van der Waals surface area contributed by atoms with Crippen LogP contribution in [0.4, 0.5) is 0 Å². The van der Waals surface area contributed by atoms with Gasteiger partial charge in [-0.2, -0.15) is 4.31 Å². The number of nitrogens with one attached hydrogen (secondary N) is 1. The molecule has 0 spiro atoms. The molecule has 2 aliphatic rings. The van der Waals surface area contributed by atoms with Crippen molar-refractivity contribution >= 4 is 27.3 Å². The number of para-hydroxylation sites is 1. The van der Waals surface area contributed by atoms with E-state index in [4.69, 9.17) is 4.74 Å². The second kappa shape index (κ2) is 7.23. The average molecular weight is 408 g/mol. The van der Waals surface area contributed by atoms with Crippen LogP contribution in [0.15, 0.2) is 40.6 Å². The minimum absolute atomic E-state index is 0.119. The zero-order valence-electron chi connectivity index (χ0n) is 14.9. The Morgan fingerprint density at radius 1 is 1.33 bits per heavy atom. The summed E-state index contributed by atoms with van der Waals surface area (Å²) in [6.45, 7) is 2.32. The van der Waals surface area contributed by atoms with Crippen LogP contribution in [0.3, 0.4) is 0 Å². The lowest BCUT2D eigenvalue weighted by molar-refractivity contribution is -0.123. The molecular formula is C18H21N3O4S2. The number of rotatable bonds is 3. The van der Waals surface area contributed by atoms with E-state index in [1.807, 2.05) is 29.2 Å². The molecule has 27 heavy (non-hydrogen) atoms. The molecule has 1 atom stereocenters. The topological polar surface area (TPSA) is 79.0 Å². The molecule has 0 saturated carbocycles. The number of hydrogen-bond acceptors (Lipinski definition) is 6. The maximum absolute atomic E-state index is 12.6. The maximum Gasteiger partial charge on any atom is 0.244 e. The third kappa shape index (κ3) is 3.60. The number of nitrogens with zero attached hydrogens (tertiary/aromatic N) is 2. The Labute approximate surface area is 162 Å². The van der Waals surface area contributed by atoms with E-state index in [1.165, 1.54) is 22.7 Å². The molecule has 7 nitrogen and oxygen atoms in total. The molecule has 1 unspecified atom stereocenters. The number of benzene rings is 1. The standard InChI is InChI=1S/C18H21N3O4S2/c1-20-11-14(18-16(6-9-26-18)27(20,23)24)19-17(22)12-21-7-8-25-15-5-3-2-4-13(15)10-21/h2-6,9,14H,7-8,10-12H2,1H3,(H,19,22). The number of ether oxygens (including phenoxy) is 1. The van der Waals surface area contributed by atoms with Gasteiger partial charge in [-0.15, -0.1) is 11.3 Å². The Balaban J connectivity index is 1.45. The molecule has 1 aromatic carbocycles. The first-order valence-electron chi connectivity index (χ1n) is 8.71. The smallest absolute Gasteiger partial charge is 0.244 e. The average Bonchev–Trinajstić information content (AvgIpc) is 3.04. The number of thiophene rings is 1. The molecule has 0 bridgehead atoms. The summed E-state index contributed by atoms with van der Waals surface area (Å²) < 4.78 is 31.8. The van der Waals surface area contributed by atoms with E-state index in [0.29, 0.717) is 29.5 Å². The van der Waals surface area contributed by atoms with Crippen LogP contribution in [0.1, 0.15) is 16.5 Å². The van der Waals surface area contributed by atoms with Gasteiger partial charge < -0.3 is 10.1 Å². The van der Waals surface area contributed by atoms with Crippen LogP contribution in [0.25, 0.3) is 0 Å². The van der Waals surface area contributed by atoms with Gasteiger partial charge in [0.1, 0.15) is 12.4 Å². The van der Waals surface area contributed by atoms with Crippen molar-refractivity contribution in [3.63, 3.8) is 0 Å². The van der Waals surface area contributed by atoms with E-state index in [-0.39, 0.29) is 25.0 Å². The predicted octanol–water partition coefficient (Wildman–Crippen LogP) is 1.43. The third-order valence-electron chi connectivity index (χ3n) is 4.84. The zero-order chi connectivity index (χ0) is 19.0. The molecule has 2 aromatic rings. The van der Waals surface area contributed by atoms with Crippen LogP contribution in [0, 0.1) is 0 Å². The summed E-state index contributed by atoms with van der Waals surface area (Å²) in [6, 6.07) is 9.12. The van der Waals surface area contributed by atoms with E-state index in [2.05, 4.69) is 5.32 Å². The summed E-state index contributed by atoms with van der Waals surface area (Å²) in [7, 11) is -1.91. The Morgan fingerprint density at radius 2 is 2.15 bits per heavy atom. The molecule has 2 aliphatic heterocycles. The second-order valence-electron chi connectivity index (χ2n) is 6.72. The van der Waals surface area contributed by atoms with Crippen molar-refractivity contribution in [1.29, 1.82) is 0 Å².